The van der Waals surface area contributed by atoms with Crippen LogP contribution >= 0.6 is 0 Å². The third-order valence-electron chi connectivity index (χ3n) is 3.24. The van der Waals surface area contributed by atoms with Crippen LogP contribution in [0.4, 0.5) is 0 Å². The number of nitrogens with zero attached hydrogens (tertiary/aromatic N) is 2. The third-order valence-corrected chi connectivity index (χ3v) is 3.24. The number of aromatic nitrogens is 2. The molecule has 1 heterocycles. The van der Waals surface area contributed by atoms with E-state index in [-0.39, 0.29) is 5.41 Å². The number of hydrogen-bond acceptors (Lipinski definition) is 2. The van der Waals surface area contributed by atoms with Crippen molar-refractivity contribution in [1.82, 2.24) is 9.55 Å². The van der Waals surface area contributed by atoms with Gasteiger partial charge in [-0.15, -0.1) is 0 Å². The lowest BCUT2D eigenvalue weighted by atomic mass is 9.87. The first-order chi connectivity index (χ1) is 8.97. The minimum atomic E-state index is 0.187. The Bertz CT molecular complexity index is 520. The Hall–Kier alpha value is -1.77. The molecule has 0 saturated heterocycles. The molecule has 0 aliphatic heterocycles. The first kappa shape index (κ1) is 13.7. The number of ether oxygens (including phenoxy) is 1. The summed E-state index contributed by atoms with van der Waals surface area (Å²) in [5.41, 5.74) is 1.51. The molecule has 0 saturated carbocycles. The molecular formula is C16H22N2O. The molecule has 0 fully saturated rings. The Morgan fingerprint density at radius 1 is 1.16 bits per heavy atom. The van der Waals surface area contributed by atoms with Gasteiger partial charge in [-0.05, 0) is 30.0 Å². The molecule has 2 aromatic rings. The second kappa shape index (κ2) is 5.47. The fourth-order valence-electron chi connectivity index (χ4n) is 1.95. The van der Waals surface area contributed by atoms with Crippen molar-refractivity contribution in [2.45, 2.75) is 39.7 Å². The van der Waals surface area contributed by atoms with E-state index in [0.717, 1.165) is 18.1 Å². The van der Waals surface area contributed by atoms with Crippen LogP contribution in [0.5, 0.6) is 5.75 Å². The molecule has 0 amide bonds. The molecule has 0 aliphatic rings. The third kappa shape index (κ3) is 3.60. The first-order valence-corrected chi connectivity index (χ1v) is 6.68. The van der Waals surface area contributed by atoms with Crippen LogP contribution in [0.15, 0.2) is 36.7 Å². The molecule has 0 N–H and O–H groups in total. The maximum atomic E-state index is 5.75. The van der Waals surface area contributed by atoms with Crippen LogP contribution in [0, 0.1) is 6.92 Å². The van der Waals surface area contributed by atoms with Crippen molar-refractivity contribution in [1.29, 1.82) is 0 Å². The molecular weight excluding hydrogens is 236 g/mol. The van der Waals surface area contributed by atoms with Gasteiger partial charge in [-0.3, -0.25) is 0 Å². The summed E-state index contributed by atoms with van der Waals surface area (Å²) in [6.07, 6.45) is 3.79. The molecule has 0 bridgehead atoms. The SMILES string of the molecule is Cc1nccn1CCOc1ccc(C(C)(C)C)cc1. The second-order valence-corrected chi connectivity index (χ2v) is 5.79. The Morgan fingerprint density at radius 2 is 1.84 bits per heavy atom. The molecule has 102 valence electrons. The maximum Gasteiger partial charge on any atom is 0.119 e. The van der Waals surface area contributed by atoms with Gasteiger partial charge in [0.1, 0.15) is 18.2 Å². The number of imidazole rings is 1. The summed E-state index contributed by atoms with van der Waals surface area (Å²) in [6, 6.07) is 8.36. The van der Waals surface area contributed by atoms with Crippen LogP contribution < -0.4 is 4.74 Å². The van der Waals surface area contributed by atoms with Crippen molar-refractivity contribution in [3.8, 4) is 5.75 Å². The monoisotopic (exact) mass is 258 g/mol. The van der Waals surface area contributed by atoms with Gasteiger partial charge in [-0.25, -0.2) is 4.98 Å². The van der Waals surface area contributed by atoms with E-state index >= 15 is 0 Å². The molecule has 3 nitrogen and oxygen atoms in total. The molecule has 0 spiro atoms. The maximum absolute atomic E-state index is 5.75. The number of rotatable bonds is 4. The van der Waals surface area contributed by atoms with Crippen molar-refractivity contribution >= 4 is 0 Å². The highest BCUT2D eigenvalue weighted by molar-refractivity contribution is 5.31. The minimum absolute atomic E-state index is 0.187. The van der Waals surface area contributed by atoms with Gasteiger partial charge in [0.15, 0.2) is 0 Å². The lowest BCUT2D eigenvalue weighted by Crippen LogP contribution is -2.11. The molecule has 0 unspecified atom stereocenters. The molecule has 0 aliphatic carbocycles. The normalized spacial score (nSPS) is 11.6. The average Bonchev–Trinajstić information content (AvgIpc) is 2.75. The number of benzene rings is 1. The Morgan fingerprint density at radius 3 is 2.37 bits per heavy atom. The highest BCUT2D eigenvalue weighted by Crippen LogP contribution is 2.24. The smallest absolute Gasteiger partial charge is 0.119 e. The Balaban J connectivity index is 1.89. The van der Waals surface area contributed by atoms with Gasteiger partial charge >= 0.3 is 0 Å². The molecule has 0 radical (unpaired) electrons. The molecule has 1 aromatic carbocycles. The zero-order valence-electron chi connectivity index (χ0n) is 12.2. The van der Waals surface area contributed by atoms with Crippen molar-refractivity contribution in [2.75, 3.05) is 6.61 Å². The lowest BCUT2D eigenvalue weighted by molar-refractivity contribution is 0.297. The van der Waals surface area contributed by atoms with Gasteiger partial charge in [0, 0.05) is 12.4 Å². The van der Waals surface area contributed by atoms with Gasteiger partial charge < -0.3 is 9.30 Å². The second-order valence-electron chi connectivity index (χ2n) is 5.79. The van der Waals surface area contributed by atoms with Crippen LogP contribution in [0.25, 0.3) is 0 Å². The minimum Gasteiger partial charge on any atom is -0.492 e. The van der Waals surface area contributed by atoms with Crippen molar-refractivity contribution in [3.63, 3.8) is 0 Å². The molecule has 0 atom stereocenters. The molecule has 3 heteroatoms. The van der Waals surface area contributed by atoms with E-state index in [1.807, 2.05) is 31.5 Å². The van der Waals surface area contributed by atoms with E-state index in [2.05, 4.69) is 42.5 Å². The highest BCUT2D eigenvalue weighted by Gasteiger charge is 2.12. The van der Waals surface area contributed by atoms with E-state index in [1.54, 1.807) is 0 Å². The zero-order chi connectivity index (χ0) is 13.9. The number of hydrogen-bond donors (Lipinski definition) is 0. The average molecular weight is 258 g/mol. The van der Waals surface area contributed by atoms with Crippen LogP contribution in [0.3, 0.4) is 0 Å². The van der Waals surface area contributed by atoms with Crippen molar-refractivity contribution in [2.24, 2.45) is 0 Å². The van der Waals surface area contributed by atoms with Crippen LogP contribution in [0.2, 0.25) is 0 Å². The van der Waals surface area contributed by atoms with E-state index in [9.17, 15) is 0 Å². The van der Waals surface area contributed by atoms with Gasteiger partial charge in [0.25, 0.3) is 0 Å². The summed E-state index contributed by atoms with van der Waals surface area (Å²) in [5.74, 6) is 1.94. The van der Waals surface area contributed by atoms with Crippen molar-refractivity contribution in [3.05, 3.63) is 48.0 Å². The largest absolute Gasteiger partial charge is 0.492 e. The van der Waals surface area contributed by atoms with E-state index in [0.29, 0.717) is 6.61 Å². The summed E-state index contributed by atoms with van der Waals surface area (Å²) in [5, 5.41) is 0. The van der Waals surface area contributed by atoms with E-state index < -0.39 is 0 Å². The van der Waals surface area contributed by atoms with E-state index in [4.69, 9.17) is 4.74 Å². The highest BCUT2D eigenvalue weighted by atomic mass is 16.5. The first-order valence-electron chi connectivity index (χ1n) is 6.68. The predicted octanol–water partition coefficient (Wildman–Crippen LogP) is 3.57. The molecule has 1 aromatic heterocycles. The van der Waals surface area contributed by atoms with Gasteiger partial charge in [-0.1, -0.05) is 32.9 Å². The summed E-state index contributed by atoms with van der Waals surface area (Å²) in [7, 11) is 0. The zero-order valence-corrected chi connectivity index (χ0v) is 12.2. The summed E-state index contributed by atoms with van der Waals surface area (Å²) < 4.78 is 7.84. The van der Waals surface area contributed by atoms with Gasteiger partial charge in [0.2, 0.25) is 0 Å². The quantitative estimate of drug-likeness (QED) is 0.838. The molecule has 19 heavy (non-hydrogen) atoms. The summed E-state index contributed by atoms with van der Waals surface area (Å²) >= 11 is 0. The fraction of sp³-hybridized carbons (Fsp3) is 0.438. The fourth-order valence-corrected chi connectivity index (χ4v) is 1.95. The standard InChI is InChI=1S/C16H22N2O/c1-13-17-9-10-18(13)11-12-19-15-7-5-14(6-8-15)16(2,3)4/h5-10H,11-12H2,1-4H3. The topological polar surface area (TPSA) is 27.1 Å². The number of aryl methyl sites for hydroxylation is 1. The molecule has 2 rings (SSSR count). The van der Waals surface area contributed by atoms with Crippen LogP contribution in [0.1, 0.15) is 32.2 Å². The Kier molecular flexibility index (Phi) is 3.93. The van der Waals surface area contributed by atoms with Crippen LogP contribution in [-0.4, -0.2) is 16.2 Å². The summed E-state index contributed by atoms with van der Waals surface area (Å²) in [6.45, 7) is 10.1. The summed E-state index contributed by atoms with van der Waals surface area (Å²) in [4.78, 5) is 4.19. The lowest BCUT2D eigenvalue weighted by Gasteiger charge is -2.19. The Labute approximate surface area is 115 Å². The van der Waals surface area contributed by atoms with E-state index in [1.165, 1.54) is 5.56 Å². The predicted molar refractivity (Wildman–Crippen MR) is 77.6 cm³/mol. The van der Waals surface area contributed by atoms with Gasteiger partial charge in [-0.2, -0.15) is 0 Å². The van der Waals surface area contributed by atoms with Crippen molar-refractivity contribution < 1.29 is 4.74 Å². The van der Waals surface area contributed by atoms with Crippen LogP contribution in [-0.2, 0) is 12.0 Å². The van der Waals surface area contributed by atoms with Gasteiger partial charge in [0.05, 0.1) is 6.54 Å².